The summed E-state index contributed by atoms with van der Waals surface area (Å²) < 4.78 is 0. The molecule has 2 aromatic rings. The molecule has 2 rings (SSSR count). The van der Waals surface area contributed by atoms with E-state index in [1.807, 2.05) is 0 Å². The monoisotopic (exact) mass is 275 g/mol. The highest BCUT2D eigenvalue weighted by molar-refractivity contribution is 6.33. The van der Waals surface area contributed by atoms with E-state index in [1.165, 1.54) is 0 Å². The maximum absolute atomic E-state index is 6.67. The minimum absolute atomic E-state index is 0.417. The Morgan fingerprint density at radius 3 is 1.79 bits per heavy atom. The van der Waals surface area contributed by atoms with Crippen LogP contribution in [0.4, 0.5) is 28.4 Å². The molecule has 0 radical (unpaired) electrons. The number of nitrogen functional groups attached to an aromatic ring is 4. The molecule has 0 spiro atoms. The van der Waals surface area contributed by atoms with Gasteiger partial charge in [0.15, 0.2) is 0 Å². The van der Waals surface area contributed by atoms with Gasteiger partial charge < -0.3 is 22.9 Å². The Kier molecular flexibility index (Phi) is 4.86. The summed E-state index contributed by atoms with van der Waals surface area (Å²) in [6.07, 6.45) is 0. The van der Waals surface area contributed by atoms with Gasteiger partial charge in [-0.2, -0.15) is 0 Å². The van der Waals surface area contributed by atoms with E-state index < -0.39 is 0 Å². The van der Waals surface area contributed by atoms with Crippen LogP contribution in [-0.2, 0) is 0 Å². The van der Waals surface area contributed by atoms with Gasteiger partial charge in [0.2, 0.25) is 5.69 Å². The lowest BCUT2D eigenvalue weighted by molar-refractivity contribution is 1.66. The van der Waals surface area contributed by atoms with Crippen LogP contribution in [0.3, 0.4) is 0 Å². The maximum atomic E-state index is 6.67. The third-order valence-corrected chi connectivity index (χ3v) is 2.53. The van der Waals surface area contributed by atoms with E-state index in [0.29, 0.717) is 33.5 Å². The molecule has 0 bridgehead atoms. The predicted octanol–water partition coefficient (Wildman–Crippen LogP) is 2.91. The summed E-state index contributed by atoms with van der Waals surface area (Å²) in [5.74, 6) is 0. The summed E-state index contributed by atoms with van der Waals surface area (Å²) in [4.78, 5) is 3.18. The zero-order valence-corrected chi connectivity index (χ0v) is 10.9. The molecule has 0 aliphatic heterocycles. The molecule has 8 N–H and O–H groups in total. The first-order valence-electron chi connectivity index (χ1n) is 5.27. The van der Waals surface area contributed by atoms with Crippen molar-refractivity contribution in [2.75, 3.05) is 22.9 Å². The summed E-state index contributed by atoms with van der Waals surface area (Å²) in [5.41, 5.74) is 24.3. The standard InChI is InChI=1S/C7H7N3.C6H7ClN2/c1-10-7-4-5(8)2-3-6(7)9;7-5-3-4(8)1-2-6(5)9/h2-4H,8-9H2;1-3H,8-9H2. The van der Waals surface area contributed by atoms with Gasteiger partial charge in [-0.1, -0.05) is 11.6 Å². The van der Waals surface area contributed by atoms with Gasteiger partial charge in [0.05, 0.1) is 17.3 Å². The van der Waals surface area contributed by atoms with Crippen molar-refractivity contribution in [3.05, 3.63) is 52.8 Å². The largest absolute Gasteiger partial charge is 0.407 e. The van der Waals surface area contributed by atoms with Crippen LogP contribution in [0.2, 0.25) is 5.02 Å². The van der Waals surface area contributed by atoms with Gasteiger partial charge in [-0.25, -0.2) is 4.85 Å². The van der Waals surface area contributed by atoms with Crippen molar-refractivity contribution in [2.45, 2.75) is 0 Å². The Bertz CT molecular complexity index is 619. The van der Waals surface area contributed by atoms with Gasteiger partial charge in [0.25, 0.3) is 0 Å². The summed E-state index contributed by atoms with van der Waals surface area (Å²) in [6, 6.07) is 9.87. The summed E-state index contributed by atoms with van der Waals surface area (Å²) in [5, 5.41) is 0.509. The number of hydrogen-bond donors (Lipinski definition) is 4. The molecule has 0 saturated heterocycles. The van der Waals surface area contributed by atoms with E-state index in [4.69, 9.17) is 41.1 Å². The average molecular weight is 276 g/mol. The van der Waals surface area contributed by atoms with Crippen molar-refractivity contribution >= 4 is 40.0 Å². The average Bonchev–Trinajstić information content (AvgIpc) is 2.38. The van der Waals surface area contributed by atoms with E-state index in [9.17, 15) is 0 Å². The molecule has 6 heteroatoms. The highest BCUT2D eigenvalue weighted by atomic mass is 35.5. The molecule has 0 heterocycles. The first-order valence-corrected chi connectivity index (χ1v) is 5.64. The summed E-state index contributed by atoms with van der Waals surface area (Å²) >= 11 is 5.61. The first kappa shape index (κ1) is 14.5. The van der Waals surface area contributed by atoms with Crippen LogP contribution in [-0.4, -0.2) is 0 Å². The minimum Gasteiger partial charge on any atom is -0.407 e. The molecule has 0 amide bonds. The van der Waals surface area contributed by atoms with Gasteiger partial charge in [-0.3, -0.25) is 0 Å². The number of rotatable bonds is 0. The van der Waals surface area contributed by atoms with Crippen molar-refractivity contribution in [3.63, 3.8) is 0 Å². The van der Waals surface area contributed by atoms with Crippen molar-refractivity contribution in [2.24, 2.45) is 0 Å². The van der Waals surface area contributed by atoms with Gasteiger partial charge in [0.1, 0.15) is 0 Å². The molecule has 5 nitrogen and oxygen atoms in total. The highest BCUT2D eigenvalue weighted by Gasteiger charge is 1.96. The number of nitrogens with two attached hydrogens (primary N) is 4. The Morgan fingerprint density at radius 2 is 1.37 bits per heavy atom. The fourth-order valence-corrected chi connectivity index (χ4v) is 1.39. The molecule has 19 heavy (non-hydrogen) atoms. The van der Waals surface area contributed by atoms with E-state index in [1.54, 1.807) is 36.4 Å². The molecule has 0 aliphatic rings. The number of hydrogen-bond acceptors (Lipinski definition) is 4. The van der Waals surface area contributed by atoms with Gasteiger partial charge in [-0.05, 0) is 36.4 Å². The molecule has 0 unspecified atom stereocenters. The van der Waals surface area contributed by atoms with Crippen molar-refractivity contribution in [1.82, 2.24) is 0 Å². The third-order valence-electron chi connectivity index (χ3n) is 2.20. The number of nitrogens with zero attached hydrogens (tertiary/aromatic N) is 1. The smallest absolute Gasteiger partial charge is 0.211 e. The van der Waals surface area contributed by atoms with Crippen LogP contribution in [0.25, 0.3) is 4.85 Å². The molecule has 0 aliphatic carbocycles. The van der Waals surface area contributed by atoms with Crippen molar-refractivity contribution in [1.29, 1.82) is 0 Å². The molecule has 0 aromatic heterocycles. The van der Waals surface area contributed by atoms with E-state index >= 15 is 0 Å². The Balaban J connectivity index is 0.000000191. The second-order valence-corrected chi connectivity index (χ2v) is 4.12. The highest BCUT2D eigenvalue weighted by Crippen LogP contribution is 2.23. The minimum atomic E-state index is 0.417. The van der Waals surface area contributed by atoms with Gasteiger partial charge >= 0.3 is 0 Å². The normalized spacial score (nSPS) is 9.05. The van der Waals surface area contributed by atoms with E-state index in [-0.39, 0.29) is 0 Å². The van der Waals surface area contributed by atoms with E-state index in [2.05, 4.69) is 4.85 Å². The topological polar surface area (TPSA) is 108 Å². The number of anilines is 4. The van der Waals surface area contributed by atoms with E-state index in [0.717, 1.165) is 0 Å². The van der Waals surface area contributed by atoms with Crippen LogP contribution in [0.15, 0.2) is 36.4 Å². The molecule has 2 aromatic carbocycles. The molecule has 0 atom stereocenters. The lowest BCUT2D eigenvalue weighted by Crippen LogP contribution is -1.88. The zero-order chi connectivity index (χ0) is 14.4. The van der Waals surface area contributed by atoms with Gasteiger partial charge in [-0.15, -0.1) is 0 Å². The lowest BCUT2D eigenvalue weighted by atomic mass is 10.2. The fraction of sp³-hybridized carbons (Fsp3) is 0. The second kappa shape index (κ2) is 6.38. The van der Waals surface area contributed by atoms with Crippen LogP contribution in [0.5, 0.6) is 0 Å². The summed E-state index contributed by atoms with van der Waals surface area (Å²) in [7, 11) is 0. The Hall–Kier alpha value is -2.58. The van der Waals surface area contributed by atoms with Crippen LogP contribution < -0.4 is 22.9 Å². The Morgan fingerprint density at radius 1 is 0.842 bits per heavy atom. The molecule has 0 saturated carbocycles. The van der Waals surface area contributed by atoms with Gasteiger partial charge in [0, 0.05) is 17.1 Å². The predicted molar refractivity (Wildman–Crippen MR) is 81.8 cm³/mol. The molecule has 98 valence electrons. The molecular formula is C13H14ClN5. The molecular weight excluding hydrogens is 262 g/mol. The second-order valence-electron chi connectivity index (χ2n) is 3.71. The Labute approximate surface area is 116 Å². The lowest BCUT2D eigenvalue weighted by Gasteiger charge is -1.96. The third kappa shape index (κ3) is 4.30. The quantitative estimate of drug-likeness (QED) is 0.438. The first-order chi connectivity index (χ1) is 8.93. The maximum Gasteiger partial charge on any atom is 0.211 e. The molecule has 0 fully saturated rings. The van der Waals surface area contributed by atoms with Crippen molar-refractivity contribution in [3.8, 4) is 0 Å². The number of halogens is 1. The fourth-order valence-electron chi connectivity index (χ4n) is 1.20. The summed E-state index contributed by atoms with van der Waals surface area (Å²) in [6.45, 7) is 6.67. The van der Waals surface area contributed by atoms with Crippen molar-refractivity contribution < 1.29 is 0 Å². The van der Waals surface area contributed by atoms with Crippen LogP contribution >= 0.6 is 11.6 Å². The number of benzene rings is 2. The van der Waals surface area contributed by atoms with Crippen LogP contribution in [0, 0.1) is 6.57 Å². The zero-order valence-electron chi connectivity index (χ0n) is 10.1. The van der Waals surface area contributed by atoms with Crippen LogP contribution in [0.1, 0.15) is 0 Å². The SMILES string of the molecule is Nc1ccc(N)c(Cl)c1.[C-]#[N+]c1cc(N)ccc1N.